The number of aliphatic hydroxyl groups excluding tert-OH is 1. The molecule has 4 heteroatoms. The summed E-state index contributed by atoms with van der Waals surface area (Å²) in [6.45, 7) is 0. The van der Waals surface area contributed by atoms with Gasteiger partial charge in [0.2, 0.25) is 0 Å². The first-order valence-corrected chi connectivity index (χ1v) is 7.05. The van der Waals surface area contributed by atoms with Crippen LogP contribution < -0.4 is 0 Å². The molecule has 1 aromatic heterocycles. The first kappa shape index (κ1) is 13.2. The average Bonchev–Trinajstić information content (AvgIpc) is 2.84. The maximum atomic E-state index is 13.1. The van der Waals surface area contributed by atoms with Crippen molar-refractivity contribution in [2.45, 2.75) is 12.5 Å². The van der Waals surface area contributed by atoms with E-state index in [9.17, 15) is 13.9 Å². The molecule has 102 valence electrons. The predicted molar refractivity (Wildman–Crippen MR) is 76.8 cm³/mol. The van der Waals surface area contributed by atoms with Crippen molar-refractivity contribution in [2.24, 2.45) is 0 Å². The molecule has 0 aliphatic rings. The predicted octanol–water partition coefficient (Wildman–Crippen LogP) is 4.46. The summed E-state index contributed by atoms with van der Waals surface area (Å²) >= 11 is 1.38. The standard InChI is InChI=1S/C16H12F2OS/c17-12-4-1-10(2-5-12)7-14(19)16-8-11-3-6-13(18)9-15(11)20-16/h1-6,8-9,14,19H,7H2. The van der Waals surface area contributed by atoms with Gasteiger partial charge in [-0.05, 0) is 41.3 Å². The third-order valence-corrected chi connectivity index (χ3v) is 4.37. The maximum absolute atomic E-state index is 13.1. The molecule has 20 heavy (non-hydrogen) atoms. The van der Waals surface area contributed by atoms with Crippen molar-refractivity contribution >= 4 is 21.4 Å². The van der Waals surface area contributed by atoms with Crippen LogP contribution in [0.15, 0.2) is 48.5 Å². The number of hydrogen-bond acceptors (Lipinski definition) is 2. The molecule has 0 aliphatic heterocycles. The summed E-state index contributed by atoms with van der Waals surface area (Å²) in [5.41, 5.74) is 0.863. The SMILES string of the molecule is OC(Cc1ccc(F)cc1)c1cc2ccc(F)cc2s1. The van der Waals surface area contributed by atoms with E-state index in [-0.39, 0.29) is 11.6 Å². The Hall–Kier alpha value is -1.78. The number of halogens is 2. The van der Waals surface area contributed by atoms with Gasteiger partial charge in [0.1, 0.15) is 11.6 Å². The first-order chi connectivity index (χ1) is 9.61. The van der Waals surface area contributed by atoms with Gasteiger partial charge in [-0.15, -0.1) is 11.3 Å². The van der Waals surface area contributed by atoms with Gasteiger partial charge >= 0.3 is 0 Å². The molecule has 1 heterocycles. The van der Waals surface area contributed by atoms with Gasteiger partial charge in [-0.25, -0.2) is 8.78 Å². The molecular formula is C16H12F2OS. The molecule has 1 N–H and O–H groups in total. The summed E-state index contributed by atoms with van der Waals surface area (Å²) in [4.78, 5) is 0.787. The highest BCUT2D eigenvalue weighted by Crippen LogP contribution is 2.31. The normalized spacial score (nSPS) is 12.8. The third-order valence-electron chi connectivity index (χ3n) is 3.17. The summed E-state index contributed by atoms with van der Waals surface area (Å²) in [6.07, 6.45) is -0.254. The van der Waals surface area contributed by atoms with Crippen LogP contribution in [0.1, 0.15) is 16.5 Å². The van der Waals surface area contributed by atoms with Crippen molar-refractivity contribution < 1.29 is 13.9 Å². The lowest BCUT2D eigenvalue weighted by Crippen LogP contribution is -1.99. The van der Waals surface area contributed by atoms with Crippen LogP contribution in [-0.4, -0.2) is 5.11 Å². The second-order valence-corrected chi connectivity index (χ2v) is 5.79. The van der Waals surface area contributed by atoms with Crippen LogP contribution in [0.3, 0.4) is 0 Å². The minimum absolute atomic E-state index is 0.279. The van der Waals surface area contributed by atoms with E-state index in [1.807, 2.05) is 6.07 Å². The minimum atomic E-state index is -0.666. The highest BCUT2D eigenvalue weighted by Gasteiger charge is 2.12. The smallest absolute Gasteiger partial charge is 0.124 e. The number of benzene rings is 2. The van der Waals surface area contributed by atoms with Gasteiger partial charge in [0.05, 0.1) is 6.10 Å². The Labute approximate surface area is 119 Å². The Morgan fingerprint density at radius 3 is 2.40 bits per heavy atom. The van der Waals surface area contributed by atoms with Gasteiger partial charge in [0.15, 0.2) is 0 Å². The molecule has 1 atom stereocenters. The van der Waals surface area contributed by atoms with Gasteiger partial charge in [-0.3, -0.25) is 0 Å². The summed E-state index contributed by atoms with van der Waals surface area (Å²) in [5.74, 6) is -0.570. The Morgan fingerprint density at radius 1 is 0.950 bits per heavy atom. The molecular weight excluding hydrogens is 278 g/mol. The lowest BCUT2D eigenvalue weighted by atomic mass is 10.1. The number of rotatable bonds is 3. The summed E-state index contributed by atoms with van der Waals surface area (Å²) in [5, 5.41) is 11.2. The van der Waals surface area contributed by atoms with Crippen molar-refractivity contribution in [3.8, 4) is 0 Å². The topological polar surface area (TPSA) is 20.2 Å². The zero-order valence-electron chi connectivity index (χ0n) is 10.5. The number of aliphatic hydroxyl groups is 1. The Morgan fingerprint density at radius 2 is 1.65 bits per heavy atom. The zero-order chi connectivity index (χ0) is 14.1. The Balaban J connectivity index is 1.84. The van der Waals surface area contributed by atoms with Gasteiger partial charge < -0.3 is 5.11 Å². The number of fused-ring (bicyclic) bond motifs is 1. The summed E-state index contributed by atoms with van der Waals surface area (Å²) < 4.78 is 26.8. The lowest BCUT2D eigenvalue weighted by molar-refractivity contribution is 0.182. The van der Waals surface area contributed by atoms with E-state index in [1.54, 1.807) is 18.2 Å². The molecule has 1 unspecified atom stereocenters. The lowest BCUT2D eigenvalue weighted by Gasteiger charge is -2.08. The highest BCUT2D eigenvalue weighted by atomic mass is 32.1. The second-order valence-electron chi connectivity index (χ2n) is 4.68. The molecule has 0 bridgehead atoms. The fourth-order valence-corrected chi connectivity index (χ4v) is 3.21. The molecule has 0 spiro atoms. The second kappa shape index (κ2) is 5.31. The molecule has 0 aliphatic carbocycles. The van der Waals surface area contributed by atoms with Crippen LogP contribution in [0.2, 0.25) is 0 Å². The molecule has 1 nitrogen and oxygen atoms in total. The third kappa shape index (κ3) is 2.71. The van der Waals surface area contributed by atoms with Gasteiger partial charge in [-0.2, -0.15) is 0 Å². The minimum Gasteiger partial charge on any atom is -0.387 e. The molecule has 2 aromatic carbocycles. The average molecular weight is 290 g/mol. The summed E-state index contributed by atoms with van der Waals surface area (Å²) in [7, 11) is 0. The number of hydrogen-bond donors (Lipinski definition) is 1. The van der Waals surface area contributed by atoms with Gasteiger partial charge in [-0.1, -0.05) is 18.2 Å². The van der Waals surface area contributed by atoms with Crippen molar-refractivity contribution in [2.75, 3.05) is 0 Å². The van der Waals surface area contributed by atoms with Crippen LogP contribution in [0, 0.1) is 11.6 Å². The molecule has 3 aromatic rings. The van der Waals surface area contributed by atoms with E-state index in [0.717, 1.165) is 20.5 Å². The van der Waals surface area contributed by atoms with E-state index in [2.05, 4.69) is 0 Å². The van der Waals surface area contributed by atoms with E-state index >= 15 is 0 Å². The Kier molecular flexibility index (Phi) is 3.51. The van der Waals surface area contributed by atoms with Crippen LogP contribution >= 0.6 is 11.3 Å². The van der Waals surface area contributed by atoms with Gasteiger partial charge in [0, 0.05) is 16.0 Å². The molecule has 0 fully saturated rings. The van der Waals surface area contributed by atoms with E-state index < -0.39 is 6.10 Å². The maximum Gasteiger partial charge on any atom is 0.124 e. The zero-order valence-corrected chi connectivity index (χ0v) is 11.3. The Bertz CT molecular complexity index is 734. The van der Waals surface area contributed by atoms with Crippen molar-refractivity contribution in [1.82, 2.24) is 0 Å². The molecule has 0 saturated heterocycles. The highest BCUT2D eigenvalue weighted by molar-refractivity contribution is 7.19. The molecule has 0 saturated carbocycles. The molecule has 3 rings (SSSR count). The van der Waals surface area contributed by atoms with E-state index in [4.69, 9.17) is 0 Å². The quantitative estimate of drug-likeness (QED) is 0.755. The van der Waals surface area contributed by atoms with Crippen molar-refractivity contribution in [3.05, 3.63) is 70.6 Å². The van der Waals surface area contributed by atoms with E-state index in [0.29, 0.717) is 6.42 Å². The number of thiophene rings is 1. The molecule has 0 amide bonds. The van der Waals surface area contributed by atoms with Crippen LogP contribution in [-0.2, 0) is 6.42 Å². The summed E-state index contributed by atoms with van der Waals surface area (Å²) in [6, 6.07) is 12.5. The van der Waals surface area contributed by atoms with Crippen LogP contribution in [0.5, 0.6) is 0 Å². The van der Waals surface area contributed by atoms with Crippen LogP contribution in [0.25, 0.3) is 10.1 Å². The van der Waals surface area contributed by atoms with Gasteiger partial charge in [0.25, 0.3) is 0 Å². The fourth-order valence-electron chi connectivity index (χ4n) is 2.13. The first-order valence-electron chi connectivity index (χ1n) is 6.23. The molecule has 0 radical (unpaired) electrons. The monoisotopic (exact) mass is 290 g/mol. The van der Waals surface area contributed by atoms with Crippen LogP contribution in [0.4, 0.5) is 8.78 Å². The fraction of sp³-hybridized carbons (Fsp3) is 0.125. The van der Waals surface area contributed by atoms with Crippen molar-refractivity contribution in [3.63, 3.8) is 0 Å². The van der Waals surface area contributed by atoms with Crippen molar-refractivity contribution in [1.29, 1.82) is 0 Å². The largest absolute Gasteiger partial charge is 0.387 e. The van der Waals surface area contributed by atoms with E-state index in [1.165, 1.54) is 35.6 Å².